The van der Waals surface area contributed by atoms with E-state index < -0.39 is 0 Å². The highest BCUT2D eigenvalue weighted by Gasteiger charge is 2.07. The lowest BCUT2D eigenvalue weighted by atomic mass is 10.1. The van der Waals surface area contributed by atoms with Crippen molar-refractivity contribution in [2.24, 2.45) is 0 Å². The fourth-order valence-electron chi connectivity index (χ4n) is 2.59. The number of nitrogens with zero attached hydrogens (tertiary/aromatic N) is 2. The van der Waals surface area contributed by atoms with Gasteiger partial charge in [0.1, 0.15) is 0 Å². The summed E-state index contributed by atoms with van der Waals surface area (Å²) in [5, 5.41) is 8.61. The third kappa shape index (κ3) is 5.38. The molecule has 7 heteroatoms. The van der Waals surface area contributed by atoms with Gasteiger partial charge in [-0.25, -0.2) is 9.97 Å². The summed E-state index contributed by atoms with van der Waals surface area (Å²) in [5.74, 6) is 0.0236. The van der Waals surface area contributed by atoms with Crippen molar-refractivity contribution in [1.29, 1.82) is 0 Å². The second-order valence-electron chi connectivity index (χ2n) is 6.35. The molecule has 0 atom stereocenters. The van der Waals surface area contributed by atoms with E-state index in [1.807, 2.05) is 31.2 Å². The SMILES string of the molecule is CC(=O)Nc1ccc(Nc2ncc(C(=O)NCc3cccc(C)c3)cn2)cc1. The number of aryl methyl sites for hydroxylation is 1. The number of hydrogen-bond donors (Lipinski definition) is 3. The molecule has 3 rings (SSSR count). The van der Waals surface area contributed by atoms with Gasteiger partial charge in [-0.05, 0) is 36.8 Å². The standard InChI is InChI=1S/C21H21N5O2/c1-14-4-3-5-16(10-14)11-22-20(28)17-12-23-21(24-13-17)26-19-8-6-18(7-9-19)25-15(2)27/h3-10,12-13H,11H2,1-2H3,(H,22,28)(H,25,27)(H,23,24,26). The topological polar surface area (TPSA) is 96.0 Å². The summed E-state index contributed by atoms with van der Waals surface area (Å²) in [6.45, 7) is 3.91. The van der Waals surface area contributed by atoms with Crippen LogP contribution in [0.3, 0.4) is 0 Å². The van der Waals surface area contributed by atoms with Gasteiger partial charge in [0.25, 0.3) is 5.91 Å². The van der Waals surface area contributed by atoms with Crippen LogP contribution in [0.25, 0.3) is 0 Å². The van der Waals surface area contributed by atoms with Gasteiger partial charge in [-0.15, -0.1) is 0 Å². The van der Waals surface area contributed by atoms with E-state index in [9.17, 15) is 9.59 Å². The average Bonchev–Trinajstić information content (AvgIpc) is 2.68. The van der Waals surface area contributed by atoms with E-state index in [-0.39, 0.29) is 11.8 Å². The largest absolute Gasteiger partial charge is 0.348 e. The molecule has 1 heterocycles. The van der Waals surface area contributed by atoms with Crippen molar-refractivity contribution in [1.82, 2.24) is 15.3 Å². The molecule has 3 N–H and O–H groups in total. The molecule has 0 fully saturated rings. The number of aromatic nitrogens is 2. The van der Waals surface area contributed by atoms with Gasteiger partial charge in [0.05, 0.1) is 5.56 Å². The number of benzene rings is 2. The minimum atomic E-state index is -0.229. The van der Waals surface area contributed by atoms with Crippen LogP contribution in [0.5, 0.6) is 0 Å². The normalized spacial score (nSPS) is 10.2. The predicted octanol–water partition coefficient (Wildman–Crippen LogP) is 3.42. The van der Waals surface area contributed by atoms with Gasteiger partial charge in [-0.1, -0.05) is 29.8 Å². The minimum absolute atomic E-state index is 0.125. The highest BCUT2D eigenvalue weighted by molar-refractivity contribution is 5.93. The number of nitrogens with one attached hydrogen (secondary N) is 3. The van der Waals surface area contributed by atoms with Gasteiger partial charge in [-0.3, -0.25) is 9.59 Å². The maximum Gasteiger partial charge on any atom is 0.254 e. The lowest BCUT2D eigenvalue weighted by Gasteiger charge is -2.08. The molecule has 0 bridgehead atoms. The number of carbonyl (C=O) groups is 2. The molecule has 0 radical (unpaired) electrons. The number of hydrogen-bond acceptors (Lipinski definition) is 5. The summed E-state index contributed by atoms with van der Waals surface area (Å²) in [5.41, 5.74) is 4.05. The van der Waals surface area contributed by atoms with Crippen molar-refractivity contribution >= 4 is 29.1 Å². The van der Waals surface area contributed by atoms with Crippen LogP contribution in [0.2, 0.25) is 0 Å². The molecule has 0 unspecified atom stereocenters. The molecular formula is C21H21N5O2. The minimum Gasteiger partial charge on any atom is -0.348 e. The Hall–Kier alpha value is -3.74. The monoisotopic (exact) mass is 375 g/mol. The average molecular weight is 375 g/mol. The molecule has 2 amide bonds. The van der Waals surface area contributed by atoms with Gasteiger partial charge in [0.2, 0.25) is 11.9 Å². The lowest BCUT2D eigenvalue weighted by molar-refractivity contribution is -0.114. The Bertz CT molecular complexity index is 969. The van der Waals surface area contributed by atoms with Crippen LogP contribution in [0.15, 0.2) is 60.9 Å². The zero-order valence-corrected chi connectivity index (χ0v) is 15.7. The van der Waals surface area contributed by atoms with Gasteiger partial charge >= 0.3 is 0 Å². The first kappa shape index (κ1) is 19.0. The van der Waals surface area contributed by atoms with E-state index in [4.69, 9.17) is 0 Å². The Morgan fingerprint density at radius 2 is 1.64 bits per heavy atom. The van der Waals surface area contributed by atoms with Gasteiger partial charge < -0.3 is 16.0 Å². The van der Waals surface area contributed by atoms with E-state index >= 15 is 0 Å². The van der Waals surface area contributed by atoms with E-state index in [1.165, 1.54) is 19.3 Å². The quantitative estimate of drug-likeness (QED) is 0.613. The lowest BCUT2D eigenvalue weighted by Crippen LogP contribution is -2.23. The second-order valence-corrected chi connectivity index (χ2v) is 6.35. The highest BCUT2D eigenvalue weighted by Crippen LogP contribution is 2.16. The molecule has 0 aliphatic carbocycles. The fraction of sp³-hybridized carbons (Fsp3) is 0.143. The smallest absolute Gasteiger partial charge is 0.254 e. The second kappa shape index (κ2) is 8.77. The van der Waals surface area contributed by atoms with Crippen molar-refractivity contribution in [3.8, 4) is 0 Å². The van der Waals surface area contributed by atoms with Crippen molar-refractivity contribution in [2.75, 3.05) is 10.6 Å². The molecule has 7 nitrogen and oxygen atoms in total. The van der Waals surface area contributed by atoms with Crippen molar-refractivity contribution in [3.63, 3.8) is 0 Å². The fourth-order valence-corrected chi connectivity index (χ4v) is 2.59. The molecule has 2 aromatic carbocycles. The van der Waals surface area contributed by atoms with Crippen molar-refractivity contribution in [2.45, 2.75) is 20.4 Å². The number of rotatable bonds is 6. The van der Waals surface area contributed by atoms with E-state index in [0.29, 0.717) is 23.7 Å². The molecule has 0 saturated heterocycles. The van der Waals surface area contributed by atoms with Gasteiger partial charge in [0, 0.05) is 37.2 Å². The Kier molecular flexibility index (Phi) is 5.96. The summed E-state index contributed by atoms with van der Waals surface area (Å²) in [7, 11) is 0. The zero-order chi connectivity index (χ0) is 19.9. The molecule has 142 valence electrons. The first-order valence-electron chi connectivity index (χ1n) is 8.80. The van der Waals surface area contributed by atoms with Crippen LogP contribution >= 0.6 is 0 Å². The Morgan fingerprint density at radius 1 is 0.964 bits per heavy atom. The van der Waals surface area contributed by atoms with Gasteiger partial charge in [0.15, 0.2) is 0 Å². The number of carbonyl (C=O) groups excluding carboxylic acids is 2. The highest BCUT2D eigenvalue weighted by atomic mass is 16.2. The van der Waals surface area contributed by atoms with E-state index in [1.54, 1.807) is 24.3 Å². The Morgan fingerprint density at radius 3 is 2.29 bits per heavy atom. The molecule has 1 aromatic heterocycles. The number of anilines is 3. The third-order valence-corrected chi connectivity index (χ3v) is 3.91. The molecular weight excluding hydrogens is 354 g/mol. The first-order chi connectivity index (χ1) is 13.5. The van der Waals surface area contributed by atoms with Crippen molar-refractivity contribution < 1.29 is 9.59 Å². The molecule has 0 aliphatic rings. The molecule has 0 aliphatic heterocycles. The third-order valence-electron chi connectivity index (χ3n) is 3.91. The number of amides is 2. The summed E-state index contributed by atoms with van der Waals surface area (Å²) in [6, 6.07) is 15.1. The molecule has 0 saturated carbocycles. The van der Waals surface area contributed by atoms with Crippen LogP contribution < -0.4 is 16.0 Å². The Labute approximate surface area is 163 Å². The van der Waals surface area contributed by atoms with Crippen LogP contribution in [0.1, 0.15) is 28.4 Å². The van der Waals surface area contributed by atoms with Crippen LogP contribution in [0.4, 0.5) is 17.3 Å². The maximum atomic E-state index is 12.3. The first-order valence-corrected chi connectivity index (χ1v) is 8.80. The van der Waals surface area contributed by atoms with Crippen LogP contribution in [-0.4, -0.2) is 21.8 Å². The summed E-state index contributed by atoms with van der Waals surface area (Å²) in [4.78, 5) is 31.7. The zero-order valence-electron chi connectivity index (χ0n) is 15.7. The van der Waals surface area contributed by atoms with Crippen molar-refractivity contribution in [3.05, 3.63) is 77.6 Å². The van der Waals surface area contributed by atoms with Crippen LogP contribution in [-0.2, 0) is 11.3 Å². The molecule has 0 spiro atoms. The van der Waals surface area contributed by atoms with Crippen LogP contribution in [0, 0.1) is 6.92 Å². The molecule has 28 heavy (non-hydrogen) atoms. The Balaban J connectivity index is 1.56. The maximum absolute atomic E-state index is 12.3. The van der Waals surface area contributed by atoms with Gasteiger partial charge in [-0.2, -0.15) is 0 Å². The summed E-state index contributed by atoms with van der Waals surface area (Å²) < 4.78 is 0. The summed E-state index contributed by atoms with van der Waals surface area (Å²) in [6.07, 6.45) is 2.96. The van der Waals surface area contributed by atoms with E-state index in [0.717, 1.165) is 16.8 Å². The van der Waals surface area contributed by atoms with E-state index in [2.05, 4.69) is 25.9 Å². The predicted molar refractivity (Wildman–Crippen MR) is 108 cm³/mol. The summed E-state index contributed by atoms with van der Waals surface area (Å²) >= 11 is 0. The molecule has 3 aromatic rings.